The van der Waals surface area contributed by atoms with Crippen molar-refractivity contribution in [1.29, 1.82) is 0 Å². The maximum absolute atomic E-state index is 4.53. The van der Waals surface area contributed by atoms with E-state index in [0.717, 1.165) is 19.5 Å². The minimum atomic E-state index is 0.602. The molecule has 1 aliphatic rings. The molecule has 1 N–H and O–H groups in total. The van der Waals surface area contributed by atoms with E-state index >= 15 is 0 Å². The molecule has 0 bridgehead atoms. The van der Waals surface area contributed by atoms with E-state index in [2.05, 4.69) is 51.4 Å². The van der Waals surface area contributed by atoms with Gasteiger partial charge in [-0.3, -0.25) is 0 Å². The molecule has 3 heteroatoms. The van der Waals surface area contributed by atoms with Crippen molar-refractivity contribution in [2.24, 2.45) is 0 Å². The highest BCUT2D eigenvalue weighted by molar-refractivity contribution is 5.16. The van der Waals surface area contributed by atoms with Crippen LogP contribution in [0, 0.1) is 0 Å². The summed E-state index contributed by atoms with van der Waals surface area (Å²) in [7, 11) is 0. The highest BCUT2D eigenvalue weighted by Crippen LogP contribution is 2.13. The lowest BCUT2D eigenvalue weighted by molar-refractivity contribution is 0.391. The van der Waals surface area contributed by atoms with Crippen LogP contribution in [0.25, 0.3) is 0 Å². The third kappa shape index (κ3) is 3.24. The van der Waals surface area contributed by atoms with Gasteiger partial charge in [-0.25, -0.2) is 4.98 Å². The van der Waals surface area contributed by atoms with Crippen molar-refractivity contribution in [2.45, 2.75) is 38.3 Å². The van der Waals surface area contributed by atoms with Crippen LogP contribution in [0.5, 0.6) is 0 Å². The number of rotatable bonds is 4. The Kier molecular flexibility index (Phi) is 3.94. The summed E-state index contributed by atoms with van der Waals surface area (Å²) in [6.07, 6.45) is 8.98. The number of aromatic nitrogens is 2. The van der Waals surface area contributed by atoms with Gasteiger partial charge >= 0.3 is 0 Å². The summed E-state index contributed by atoms with van der Waals surface area (Å²) in [5.41, 5.74) is 1.33. The van der Waals surface area contributed by atoms with Crippen LogP contribution in [0.2, 0.25) is 0 Å². The molecule has 19 heavy (non-hydrogen) atoms. The van der Waals surface area contributed by atoms with Crippen molar-refractivity contribution >= 4 is 0 Å². The summed E-state index contributed by atoms with van der Waals surface area (Å²) in [6, 6.07) is 11.2. The van der Waals surface area contributed by atoms with E-state index in [1.807, 2.05) is 6.20 Å². The monoisotopic (exact) mass is 255 g/mol. The molecule has 0 amide bonds. The van der Waals surface area contributed by atoms with Crippen molar-refractivity contribution in [3.8, 4) is 0 Å². The Bertz CT molecular complexity index is 498. The molecule has 1 aromatic carbocycles. The summed E-state index contributed by atoms with van der Waals surface area (Å²) in [5, 5.41) is 3.60. The van der Waals surface area contributed by atoms with Gasteiger partial charge in [-0.1, -0.05) is 36.8 Å². The predicted molar refractivity (Wildman–Crippen MR) is 77.1 cm³/mol. The molecule has 1 atom stereocenters. The minimum absolute atomic E-state index is 0.602. The first-order chi connectivity index (χ1) is 9.42. The van der Waals surface area contributed by atoms with Crippen LogP contribution in [0.1, 0.15) is 30.7 Å². The third-order valence-electron chi connectivity index (χ3n) is 3.84. The first kappa shape index (κ1) is 12.4. The largest absolute Gasteiger partial charge is 0.330 e. The van der Waals surface area contributed by atoms with Crippen LogP contribution in [0.3, 0.4) is 0 Å². The smallest absolute Gasteiger partial charge is 0.110 e. The molecule has 2 heterocycles. The van der Waals surface area contributed by atoms with Gasteiger partial charge in [0.05, 0.1) is 0 Å². The molecule has 0 radical (unpaired) electrons. The highest BCUT2D eigenvalue weighted by Gasteiger charge is 2.15. The maximum Gasteiger partial charge on any atom is 0.110 e. The number of piperidine rings is 1. The Morgan fingerprint density at radius 1 is 1.21 bits per heavy atom. The SMILES string of the molecule is c1ccc(Cn2ccnc2CC2CCCCN2)cc1. The summed E-state index contributed by atoms with van der Waals surface area (Å²) >= 11 is 0. The fourth-order valence-electron chi connectivity index (χ4n) is 2.77. The van der Waals surface area contributed by atoms with Crippen LogP contribution < -0.4 is 5.32 Å². The van der Waals surface area contributed by atoms with Crippen molar-refractivity contribution in [2.75, 3.05) is 6.54 Å². The lowest BCUT2D eigenvalue weighted by atomic mass is 10.0. The molecular weight excluding hydrogens is 234 g/mol. The van der Waals surface area contributed by atoms with E-state index in [9.17, 15) is 0 Å². The zero-order valence-electron chi connectivity index (χ0n) is 11.3. The van der Waals surface area contributed by atoms with Gasteiger partial charge in [0.1, 0.15) is 5.82 Å². The molecule has 3 rings (SSSR count). The average molecular weight is 255 g/mol. The topological polar surface area (TPSA) is 29.9 Å². The van der Waals surface area contributed by atoms with Crippen LogP contribution in [-0.2, 0) is 13.0 Å². The summed E-state index contributed by atoms with van der Waals surface area (Å²) < 4.78 is 2.27. The number of nitrogens with zero attached hydrogens (tertiary/aromatic N) is 2. The molecule has 1 aliphatic heterocycles. The Labute approximate surface area is 114 Å². The molecule has 1 saturated heterocycles. The van der Waals surface area contributed by atoms with Gasteiger partial charge in [0.25, 0.3) is 0 Å². The van der Waals surface area contributed by atoms with Gasteiger partial charge in [0.15, 0.2) is 0 Å². The molecule has 3 nitrogen and oxygen atoms in total. The first-order valence-electron chi connectivity index (χ1n) is 7.19. The molecule has 0 spiro atoms. The number of imidazole rings is 1. The predicted octanol–water partition coefficient (Wildman–Crippen LogP) is 2.62. The third-order valence-corrected chi connectivity index (χ3v) is 3.84. The lowest BCUT2D eigenvalue weighted by Crippen LogP contribution is -2.36. The van der Waals surface area contributed by atoms with Crippen LogP contribution in [0.15, 0.2) is 42.7 Å². The van der Waals surface area contributed by atoms with Crippen molar-refractivity contribution in [3.63, 3.8) is 0 Å². The van der Waals surface area contributed by atoms with Crippen LogP contribution in [-0.4, -0.2) is 22.1 Å². The Morgan fingerprint density at radius 3 is 2.89 bits per heavy atom. The Balaban J connectivity index is 1.68. The maximum atomic E-state index is 4.53. The number of hydrogen-bond donors (Lipinski definition) is 1. The van der Waals surface area contributed by atoms with Crippen molar-refractivity contribution in [1.82, 2.24) is 14.9 Å². The second-order valence-corrected chi connectivity index (χ2v) is 5.31. The summed E-state index contributed by atoms with van der Waals surface area (Å²) in [5.74, 6) is 1.20. The second kappa shape index (κ2) is 6.02. The molecule has 2 aromatic rings. The average Bonchev–Trinajstić information content (AvgIpc) is 2.88. The fourth-order valence-corrected chi connectivity index (χ4v) is 2.77. The first-order valence-corrected chi connectivity index (χ1v) is 7.19. The lowest BCUT2D eigenvalue weighted by Gasteiger charge is -2.23. The van der Waals surface area contributed by atoms with E-state index in [4.69, 9.17) is 0 Å². The van der Waals surface area contributed by atoms with Crippen LogP contribution in [0.4, 0.5) is 0 Å². The van der Waals surface area contributed by atoms with Crippen molar-refractivity contribution in [3.05, 3.63) is 54.1 Å². The van der Waals surface area contributed by atoms with Gasteiger partial charge in [-0.15, -0.1) is 0 Å². The molecular formula is C16H21N3. The van der Waals surface area contributed by atoms with E-state index in [1.54, 1.807) is 0 Å². The molecule has 1 unspecified atom stereocenters. The van der Waals surface area contributed by atoms with E-state index in [-0.39, 0.29) is 0 Å². The minimum Gasteiger partial charge on any atom is -0.330 e. The van der Waals surface area contributed by atoms with E-state index in [0.29, 0.717) is 6.04 Å². The molecule has 0 saturated carbocycles. The van der Waals surface area contributed by atoms with Crippen molar-refractivity contribution < 1.29 is 0 Å². The number of nitrogens with one attached hydrogen (secondary N) is 1. The molecule has 100 valence electrons. The van der Waals surface area contributed by atoms with E-state index in [1.165, 1.54) is 30.7 Å². The van der Waals surface area contributed by atoms with Gasteiger partial charge < -0.3 is 9.88 Å². The van der Waals surface area contributed by atoms with E-state index < -0.39 is 0 Å². The van der Waals surface area contributed by atoms with Gasteiger partial charge in [0.2, 0.25) is 0 Å². The summed E-state index contributed by atoms with van der Waals surface area (Å²) in [4.78, 5) is 4.53. The molecule has 1 aromatic heterocycles. The Hall–Kier alpha value is -1.61. The standard InChI is InChI=1S/C16H21N3/c1-2-6-14(7-3-1)13-19-11-10-18-16(19)12-15-8-4-5-9-17-15/h1-3,6-7,10-11,15,17H,4-5,8-9,12-13H2. The quantitative estimate of drug-likeness (QED) is 0.910. The zero-order valence-corrected chi connectivity index (χ0v) is 11.3. The number of hydrogen-bond acceptors (Lipinski definition) is 2. The summed E-state index contributed by atoms with van der Waals surface area (Å²) in [6.45, 7) is 2.08. The Morgan fingerprint density at radius 2 is 2.11 bits per heavy atom. The zero-order chi connectivity index (χ0) is 12.9. The molecule has 0 aliphatic carbocycles. The van der Waals surface area contributed by atoms with Gasteiger partial charge in [-0.05, 0) is 24.9 Å². The number of benzene rings is 1. The van der Waals surface area contributed by atoms with Crippen LogP contribution >= 0.6 is 0 Å². The molecule has 1 fully saturated rings. The van der Waals surface area contributed by atoms with Gasteiger partial charge in [0, 0.05) is 31.4 Å². The van der Waals surface area contributed by atoms with Gasteiger partial charge in [-0.2, -0.15) is 0 Å². The fraction of sp³-hybridized carbons (Fsp3) is 0.438. The normalized spacial score (nSPS) is 19.5. The highest BCUT2D eigenvalue weighted by atomic mass is 15.1. The second-order valence-electron chi connectivity index (χ2n) is 5.31.